The fourth-order valence-corrected chi connectivity index (χ4v) is 3.10. The summed E-state index contributed by atoms with van der Waals surface area (Å²) in [5.74, 6) is -1.36. The summed E-state index contributed by atoms with van der Waals surface area (Å²) in [7, 11) is 1.25. The molecule has 124 valence electrons. The predicted molar refractivity (Wildman–Crippen MR) is 86.9 cm³/mol. The van der Waals surface area contributed by atoms with Gasteiger partial charge in [-0.3, -0.25) is 14.0 Å². The number of thiazole rings is 1. The van der Waals surface area contributed by atoms with E-state index < -0.39 is 23.5 Å². The molecule has 8 heteroatoms. The highest BCUT2D eigenvalue weighted by molar-refractivity contribution is 7.17. The molecule has 1 amide bonds. The number of hydrogen-bond acceptors (Lipinski definition) is 6. The van der Waals surface area contributed by atoms with Crippen LogP contribution in [0.1, 0.15) is 34.8 Å². The van der Waals surface area contributed by atoms with Gasteiger partial charge in [0.2, 0.25) is 0 Å². The molecule has 2 rings (SSSR count). The molecule has 0 radical (unpaired) electrons. The van der Waals surface area contributed by atoms with Crippen molar-refractivity contribution in [2.75, 3.05) is 7.11 Å². The van der Waals surface area contributed by atoms with Crippen LogP contribution in [0.5, 0.6) is 0 Å². The Morgan fingerprint density at radius 3 is 2.57 bits per heavy atom. The highest BCUT2D eigenvalue weighted by Gasteiger charge is 2.27. The van der Waals surface area contributed by atoms with Crippen LogP contribution in [-0.4, -0.2) is 34.4 Å². The van der Waals surface area contributed by atoms with Gasteiger partial charge >= 0.3 is 5.97 Å². The lowest BCUT2D eigenvalue weighted by molar-refractivity contribution is -0.144. The van der Waals surface area contributed by atoms with Crippen LogP contribution in [0.25, 0.3) is 4.96 Å². The van der Waals surface area contributed by atoms with Crippen LogP contribution in [0.3, 0.4) is 0 Å². The van der Waals surface area contributed by atoms with Gasteiger partial charge in [0.05, 0.1) is 7.11 Å². The van der Waals surface area contributed by atoms with E-state index in [1.165, 1.54) is 29.0 Å². The SMILES string of the molecule is COC(=O)C(NC(=O)c1cnc2sc(C)c(C)n2c1=O)C(C)C. The smallest absolute Gasteiger partial charge is 0.328 e. The summed E-state index contributed by atoms with van der Waals surface area (Å²) < 4.78 is 6.10. The normalized spacial score (nSPS) is 12.4. The van der Waals surface area contributed by atoms with Gasteiger partial charge in [-0.2, -0.15) is 0 Å². The van der Waals surface area contributed by atoms with Crippen molar-refractivity contribution in [3.63, 3.8) is 0 Å². The third-order valence-electron chi connectivity index (χ3n) is 3.67. The first-order chi connectivity index (χ1) is 10.8. The molecule has 1 unspecified atom stereocenters. The number of ether oxygens (including phenoxy) is 1. The molecule has 0 saturated carbocycles. The van der Waals surface area contributed by atoms with Gasteiger partial charge < -0.3 is 10.1 Å². The van der Waals surface area contributed by atoms with Crippen molar-refractivity contribution < 1.29 is 14.3 Å². The number of amides is 1. The zero-order valence-electron chi connectivity index (χ0n) is 13.7. The molecule has 0 saturated heterocycles. The number of carbonyl (C=O) groups excluding carboxylic acids is 2. The Balaban J connectivity index is 2.42. The number of nitrogens with zero attached hydrogens (tertiary/aromatic N) is 2. The van der Waals surface area contributed by atoms with Crippen molar-refractivity contribution in [3.05, 3.63) is 32.7 Å². The molecule has 7 nitrogen and oxygen atoms in total. The molecule has 0 aliphatic carbocycles. The van der Waals surface area contributed by atoms with Crippen LogP contribution in [0.2, 0.25) is 0 Å². The van der Waals surface area contributed by atoms with Crippen molar-refractivity contribution >= 4 is 28.2 Å². The Bertz CT molecular complexity index is 822. The van der Waals surface area contributed by atoms with E-state index in [0.717, 1.165) is 10.6 Å². The summed E-state index contributed by atoms with van der Waals surface area (Å²) in [6.45, 7) is 7.25. The van der Waals surface area contributed by atoms with E-state index in [0.29, 0.717) is 4.96 Å². The number of hydrogen-bond donors (Lipinski definition) is 1. The molecule has 23 heavy (non-hydrogen) atoms. The second-order valence-corrected chi connectivity index (χ2v) is 6.74. The molecular weight excluding hydrogens is 318 g/mol. The van der Waals surface area contributed by atoms with Crippen LogP contribution >= 0.6 is 11.3 Å². The third-order valence-corrected chi connectivity index (χ3v) is 4.74. The van der Waals surface area contributed by atoms with Gasteiger partial charge in [0.25, 0.3) is 11.5 Å². The lowest BCUT2D eigenvalue weighted by atomic mass is 10.0. The zero-order chi connectivity index (χ0) is 17.3. The number of rotatable bonds is 4. The molecule has 2 aromatic heterocycles. The van der Waals surface area contributed by atoms with Crippen molar-refractivity contribution in [1.29, 1.82) is 0 Å². The van der Waals surface area contributed by atoms with Crippen LogP contribution in [-0.2, 0) is 9.53 Å². The van der Waals surface area contributed by atoms with Gasteiger partial charge in [-0.1, -0.05) is 13.8 Å². The van der Waals surface area contributed by atoms with E-state index in [4.69, 9.17) is 0 Å². The molecule has 1 N–H and O–H groups in total. The van der Waals surface area contributed by atoms with Crippen LogP contribution < -0.4 is 10.9 Å². The van der Waals surface area contributed by atoms with Gasteiger partial charge in [-0.15, -0.1) is 11.3 Å². The largest absolute Gasteiger partial charge is 0.467 e. The van der Waals surface area contributed by atoms with Gasteiger partial charge in [-0.25, -0.2) is 9.78 Å². The number of carbonyl (C=O) groups is 2. The number of esters is 1. The van der Waals surface area contributed by atoms with E-state index in [1.807, 2.05) is 6.92 Å². The Morgan fingerprint density at radius 2 is 2.00 bits per heavy atom. The molecule has 0 aliphatic rings. The molecule has 2 aromatic rings. The minimum absolute atomic E-state index is 0.0991. The maximum Gasteiger partial charge on any atom is 0.328 e. The van der Waals surface area contributed by atoms with Crippen molar-refractivity contribution in [2.24, 2.45) is 5.92 Å². The van der Waals surface area contributed by atoms with Crippen molar-refractivity contribution in [1.82, 2.24) is 14.7 Å². The van der Waals surface area contributed by atoms with E-state index in [1.54, 1.807) is 20.8 Å². The summed E-state index contributed by atoms with van der Waals surface area (Å²) in [6.07, 6.45) is 1.25. The lowest BCUT2D eigenvalue weighted by Gasteiger charge is -2.19. The minimum Gasteiger partial charge on any atom is -0.467 e. The summed E-state index contributed by atoms with van der Waals surface area (Å²) in [5, 5.41) is 2.55. The quantitative estimate of drug-likeness (QED) is 0.850. The average molecular weight is 337 g/mol. The number of aryl methyl sites for hydroxylation is 2. The third kappa shape index (κ3) is 3.12. The summed E-state index contributed by atoms with van der Waals surface area (Å²) in [4.78, 5) is 42.3. The summed E-state index contributed by atoms with van der Waals surface area (Å²) >= 11 is 1.39. The van der Waals surface area contributed by atoms with Crippen LogP contribution in [0.4, 0.5) is 0 Å². The van der Waals surface area contributed by atoms with E-state index in [-0.39, 0.29) is 11.5 Å². The number of aromatic nitrogens is 2. The second kappa shape index (κ2) is 6.49. The summed E-state index contributed by atoms with van der Waals surface area (Å²) in [5.41, 5.74) is 0.213. The Labute approximate surface area is 137 Å². The van der Waals surface area contributed by atoms with Gasteiger partial charge in [0, 0.05) is 16.8 Å². The standard InChI is InChI=1S/C15H19N3O4S/c1-7(2)11(14(21)22-5)17-12(19)10-6-16-15-18(13(10)20)8(3)9(4)23-15/h6-7,11H,1-5H3,(H,17,19). The zero-order valence-corrected chi connectivity index (χ0v) is 14.5. The maximum absolute atomic E-state index is 12.5. The molecule has 1 atom stereocenters. The lowest BCUT2D eigenvalue weighted by Crippen LogP contribution is -2.46. The van der Waals surface area contributed by atoms with E-state index >= 15 is 0 Å². The van der Waals surface area contributed by atoms with Gasteiger partial charge in [0.15, 0.2) is 4.96 Å². The first-order valence-electron chi connectivity index (χ1n) is 7.14. The first-order valence-corrected chi connectivity index (χ1v) is 7.96. The van der Waals surface area contributed by atoms with E-state index in [2.05, 4.69) is 15.0 Å². The fraction of sp³-hybridized carbons (Fsp3) is 0.467. The Hall–Kier alpha value is -2.22. The minimum atomic E-state index is -0.821. The molecule has 0 aliphatic heterocycles. The second-order valence-electron chi connectivity index (χ2n) is 5.56. The fourth-order valence-electron chi connectivity index (χ4n) is 2.18. The Morgan fingerprint density at radius 1 is 1.35 bits per heavy atom. The van der Waals surface area contributed by atoms with Gasteiger partial charge in [-0.05, 0) is 19.8 Å². The highest BCUT2D eigenvalue weighted by Crippen LogP contribution is 2.18. The molecule has 0 spiro atoms. The number of fused-ring (bicyclic) bond motifs is 1. The van der Waals surface area contributed by atoms with Crippen molar-refractivity contribution in [2.45, 2.75) is 33.7 Å². The highest BCUT2D eigenvalue weighted by atomic mass is 32.1. The molecular formula is C15H19N3O4S. The van der Waals surface area contributed by atoms with Crippen LogP contribution in [0.15, 0.2) is 11.0 Å². The molecule has 0 fully saturated rings. The van der Waals surface area contributed by atoms with Crippen molar-refractivity contribution in [3.8, 4) is 0 Å². The first kappa shape index (κ1) is 17.1. The summed E-state index contributed by atoms with van der Waals surface area (Å²) in [6, 6.07) is -0.821. The number of nitrogens with one attached hydrogen (secondary N) is 1. The monoisotopic (exact) mass is 337 g/mol. The number of methoxy groups -OCH3 is 1. The van der Waals surface area contributed by atoms with Gasteiger partial charge in [0.1, 0.15) is 11.6 Å². The Kier molecular flexibility index (Phi) is 4.84. The molecule has 0 aromatic carbocycles. The average Bonchev–Trinajstić information content (AvgIpc) is 2.79. The molecule has 2 heterocycles. The van der Waals surface area contributed by atoms with E-state index in [9.17, 15) is 14.4 Å². The molecule has 0 bridgehead atoms. The predicted octanol–water partition coefficient (Wildman–Crippen LogP) is 1.30. The van der Waals surface area contributed by atoms with Crippen LogP contribution in [0, 0.1) is 19.8 Å². The topological polar surface area (TPSA) is 89.8 Å². The maximum atomic E-state index is 12.5.